The van der Waals surface area contributed by atoms with E-state index in [1.54, 1.807) is 0 Å². The molecule has 42 heavy (non-hydrogen) atoms. The van der Waals surface area contributed by atoms with Gasteiger partial charge in [-0.25, -0.2) is 4.99 Å². The Kier molecular flexibility index (Phi) is 7.02. The van der Waals surface area contributed by atoms with Crippen molar-refractivity contribution < 1.29 is 10.3 Å². The zero-order chi connectivity index (χ0) is 28.3. The molecule has 0 radical (unpaired) electrons. The van der Waals surface area contributed by atoms with Crippen LogP contribution in [0.15, 0.2) is 76.6 Å². The Hall–Kier alpha value is -2.51. The zero-order valence-electron chi connectivity index (χ0n) is 24.9. The number of piperidine rings is 2. The second-order valence-corrected chi connectivity index (χ2v) is 13.8. The van der Waals surface area contributed by atoms with Crippen molar-refractivity contribution in [2.24, 2.45) is 16.8 Å². The van der Waals surface area contributed by atoms with Crippen molar-refractivity contribution in [2.75, 3.05) is 26.2 Å². The summed E-state index contributed by atoms with van der Waals surface area (Å²) in [5.41, 5.74) is 3.21. The molecule has 5 bridgehead atoms. The van der Waals surface area contributed by atoms with Crippen molar-refractivity contribution in [3.05, 3.63) is 82.2 Å². The van der Waals surface area contributed by atoms with E-state index in [0.29, 0.717) is 36.9 Å². The van der Waals surface area contributed by atoms with Crippen LogP contribution in [0.1, 0.15) is 70.6 Å². The number of fused-ring (bicyclic) bond motifs is 3. The maximum Gasteiger partial charge on any atom is 0.0995 e. The van der Waals surface area contributed by atoms with Crippen molar-refractivity contribution in [3.63, 3.8) is 0 Å². The summed E-state index contributed by atoms with van der Waals surface area (Å²) in [5.74, 6) is 0.621. The molecule has 0 aromatic heterocycles. The molecule has 7 atom stereocenters. The molecule has 0 amide bonds. The minimum atomic E-state index is -0.973. The van der Waals surface area contributed by atoms with Crippen LogP contribution < -0.4 is 10.6 Å². The van der Waals surface area contributed by atoms with Gasteiger partial charge in [-0.2, -0.15) is 0 Å². The van der Waals surface area contributed by atoms with Crippen LogP contribution in [0, 0.1) is 11.8 Å². The van der Waals surface area contributed by atoms with Crippen molar-refractivity contribution in [2.45, 2.75) is 94.4 Å². The van der Waals surface area contributed by atoms with Gasteiger partial charge in [0.2, 0.25) is 0 Å². The summed E-state index contributed by atoms with van der Waals surface area (Å²) in [6.45, 7) is 3.85. The number of aliphatic hydroxyl groups is 1. The van der Waals surface area contributed by atoms with Gasteiger partial charge in [0.25, 0.3) is 0 Å². The molecule has 1 aromatic carbocycles. The summed E-state index contributed by atoms with van der Waals surface area (Å²) in [6, 6.07) is 9.31. The van der Waals surface area contributed by atoms with Crippen LogP contribution >= 0.6 is 0 Å². The molecule has 2 fully saturated rings. The molecule has 4 unspecified atom stereocenters. The normalized spacial score (nSPS) is 39.7. The van der Waals surface area contributed by atoms with Gasteiger partial charge in [-0.3, -0.25) is 20.1 Å². The lowest BCUT2D eigenvalue weighted by molar-refractivity contribution is -0.138. The lowest BCUT2D eigenvalue weighted by Gasteiger charge is -2.63. The van der Waals surface area contributed by atoms with Gasteiger partial charge < -0.3 is 5.11 Å². The lowest BCUT2D eigenvalue weighted by Crippen LogP contribution is -2.72. The third kappa shape index (κ3) is 4.40. The summed E-state index contributed by atoms with van der Waals surface area (Å²) < 4.78 is 0. The number of benzene rings is 1. The molecule has 1 aliphatic carbocycles. The van der Waals surface area contributed by atoms with Crippen LogP contribution in [0.2, 0.25) is 0 Å². The quantitative estimate of drug-likeness (QED) is 0.492. The van der Waals surface area contributed by atoms with E-state index in [4.69, 9.17) is 4.99 Å². The molecule has 8 rings (SSSR count). The van der Waals surface area contributed by atoms with Crippen LogP contribution in [0.25, 0.3) is 5.57 Å². The third-order valence-electron chi connectivity index (χ3n) is 11.5. The zero-order valence-corrected chi connectivity index (χ0v) is 24.9. The molecule has 2 saturated heterocycles. The molecule has 7 aliphatic rings. The number of hydrogen-bond donors (Lipinski definition) is 2. The van der Waals surface area contributed by atoms with Crippen LogP contribution in [-0.4, -0.2) is 75.1 Å². The monoisotopic (exact) mass is 566 g/mol. The van der Waals surface area contributed by atoms with Gasteiger partial charge in [-0.15, -0.1) is 0 Å². The predicted molar refractivity (Wildman–Crippen MR) is 165 cm³/mol. The van der Waals surface area contributed by atoms with E-state index < -0.39 is 5.60 Å². The number of para-hydroxylation sites is 1. The minimum Gasteiger partial charge on any atom is -0.384 e. The number of rotatable bonds is 1. The van der Waals surface area contributed by atoms with Gasteiger partial charge in [0, 0.05) is 35.8 Å². The molecular weight excluding hydrogens is 520 g/mol. The maximum absolute atomic E-state index is 13.0. The number of allylic oxidation sites excluding steroid dienone is 5. The SMILES string of the molecule is ON1CCC2=c3ccccc3=NC2=C1C1=C[C@@]2(O)CC/C=C\CCCCN3CCC1C1[C@@H]3CC3/C=C\CCCCN3[C@H]12. The van der Waals surface area contributed by atoms with Gasteiger partial charge in [0.05, 0.1) is 22.4 Å². The summed E-state index contributed by atoms with van der Waals surface area (Å²) >= 11 is 0. The molecule has 6 heterocycles. The van der Waals surface area contributed by atoms with E-state index in [9.17, 15) is 10.3 Å². The Labute approximate surface area is 250 Å². The fourth-order valence-electron chi connectivity index (χ4n) is 9.67. The molecule has 222 valence electrons. The van der Waals surface area contributed by atoms with Crippen molar-refractivity contribution in [1.29, 1.82) is 0 Å². The third-order valence-corrected chi connectivity index (χ3v) is 11.5. The second-order valence-electron chi connectivity index (χ2n) is 13.8. The van der Waals surface area contributed by atoms with Crippen LogP contribution in [0.5, 0.6) is 0 Å². The van der Waals surface area contributed by atoms with E-state index in [0.717, 1.165) is 74.1 Å². The second kappa shape index (κ2) is 10.9. The van der Waals surface area contributed by atoms with Gasteiger partial charge in [-0.1, -0.05) is 42.5 Å². The van der Waals surface area contributed by atoms with Gasteiger partial charge >= 0.3 is 0 Å². The molecule has 6 aliphatic heterocycles. The highest BCUT2D eigenvalue weighted by atomic mass is 16.5. The first kappa shape index (κ1) is 27.1. The van der Waals surface area contributed by atoms with E-state index >= 15 is 0 Å². The molecule has 1 aromatic rings. The molecule has 2 N–H and O–H groups in total. The van der Waals surface area contributed by atoms with E-state index in [2.05, 4.69) is 64.4 Å². The van der Waals surface area contributed by atoms with Crippen molar-refractivity contribution in [3.8, 4) is 0 Å². The summed E-state index contributed by atoms with van der Waals surface area (Å²) in [6.07, 6.45) is 23.5. The summed E-state index contributed by atoms with van der Waals surface area (Å²) in [5, 5.41) is 28.3. The standard InChI is InChI=1S/C36H46N4O2/c41-36-18-10-4-1-2-5-11-19-38-21-16-27(32-31(38)23-25-13-7-3-6-12-20-39(25)35(32)36)29(24-36)34-33-28(17-22-40(34)42)26-14-8-9-15-30(26)37-33/h1,4,7-9,13-15,24-25,27,31-32,35,41-42H,2-3,5-6,10-12,16-23H2/b4-1-,13-7-/t25?,27?,31-,32?,35+,36-/m0/s1. The fraction of sp³-hybridized carbons (Fsp3) is 0.583. The Morgan fingerprint density at radius 3 is 2.67 bits per heavy atom. The highest BCUT2D eigenvalue weighted by Crippen LogP contribution is 2.54. The average molecular weight is 567 g/mol. The van der Waals surface area contributed by atoms with Crippen LogP contribution in [-0.2, 0) is 0 Å². The molecular formula is C36H46N4O2. The fourth-order valence-corrected chi connectivity index (χ4v) is 9.67. The Bertz CT molecular complexity index is 1470. The molecule has 6 nitrogen and oxygen atoms in total. The Morgan fingerprint density at radius 2 is 1.74 bits per heavy atom. The van der Waals surface area contributed by atoms with Crippen LogP contribution in [0.4, 0.5) is 0 Å². The number of nitrogens with zero attached hydrogens (tertiary/aromatic N) is 4. The maximum atomic E-state index is 13.0. The smallest absolute Gasteiger partial charge is 0.0995 e. The molecule has 6 heteroatoms. The average Bonchev–Trinajstić information content (AvgIpc) is 3.35. The largest absolute Gasteiger partial charge is 0.384 e. The van der Waals surface area contributed by atoms with E-state index in [1.165, 1.54) is 48.0 Å². The molecule has 0 spiro atoms. The first-order chi connectivity index (χ1) is 20.6. The molecule has 0 saturated carbocycles. The predicted octanol–water partition coefficient (Wildman–Crippen LogP) is 4.46. The van der Waals surface area contributed by atoms with Gasteiger partial charge in [0.15, 0.2) is 0 Å². The van der Waals surface area contributed by atoms with Gasteiger partial charge in [0.1, 0.15) is 0 Å². The Morgan fingerprint density at radius 1 is 0.905 bits per heavy atom. The van der Waals surface area contributed by atoms with Crippen molar-refractivity contribution in [1.82, 2.24) is 14.9 Å². The van der Waals surface area contributed by atoms with E-state index in [-0.39, 0.29) is 6.04 Å². The van der Waals surface area contributed by atoms with Crippen LogP contribution in [0.3, 0.4) is 0 Å². The number of hydroxylamine groups is 2. The first-order valence-electron chi connectivity index (χ1n) is 16.8. The summed E-state index contributed by atoms with van der Waals surface area (Å²) in [7, 11) is 0. The van der Waals surface area contributed by atoms with Gasteiger partial charge in [-0.05, 0) is 119 Å². The van der Waals surface area contributed by atoms with Crippen molar-refractivity contribution >= 4 is 5.57 Å². The topological polar surface area (TPSA) is 62.5 Å². The minimum absolute atomic E-state index is 0.0807. The lowest BCUT2D eigenvalue weighted by atomic mass is 9.58. The first-order valence-corrected chi connectivity index (χ1v) is 16.8. The number of hydrogen-bond acceptors (Lipinski definition) is 6. The highest BCUT2D eigenvalue weighted by molar-refractivity contribution is 5.71. The Balaban J connectivity index is 1.33. The highest BCUT2D eigenvalue weighted by Gasteiger charge is 2.59. The van der Waals surface area contributed by atoms with E-state index in [1.807, 2.05) is 0 Å². The summed E-state index contributed by atoms with van der Waals surface area (Å²) in [4.78, 5) is 10.6.